The van der Waals surface area contributed by atoms with Gasteiger partial charge in [0, 0.05) is 44.5 Å². The average molecular weight is 249 g/mol. The number of nitrogens with one attached hydrogen (secondary N) is 1. The van der Waals surface area contributed by atoms with Crippen LogP contribution in [0.3, 0.4) is 0 Å². The first-order chi connectivity index (χ1) is 8.78. The van der Waals surface area contributed by atoms with Crippen LogP contribution in [-0.2, 0) is 6.54 Å². The second-order valence-corrected chi connectivity index (χ2v) is 5.12. The first-order valence-electron chi connectivity index (χ1n) is 6.77. The van der Waals surface area contributed by atoms with E-state index in [9.17, 15) is 0 Å². The number of nitrogens with zero attached hydrogens (tertiary/aromatic N) is 2. The summed E-state index contributed by atoms with van der Waals surface area (Å²) in [6.45, 7) is 5.45. The standard InChI is InChI=1S/C14H23N3O/c1-12-5-8-17(11-14(16-12)6-9-18)10-13-4-2-3-7-15-13/h2-4,7,12,14,16,18H,5-6,8-11H2,1H3. The summed E-state index contributed by atoms with van der Waals surface area (Å²) < 4.78 is 0. The van der Waals surface area contributed by atoms with E-state index in [0.29, 0.717) is 12.1 Å². The summed E-state index contributed by atoms with van der Waals surface area (Å²) in [6.07, 6.45) is 3.82. The molecule has 2 rings (SSSR count). The number of aromatic nitrogens is 1. The Hall–Kier alpha value is -0.970. The van der Waals surface area contributed by atoms with E-state index in [2.05, 4.69) is 28.2 Å². The predicted octanol–water partition coefficient (Wildman–Crippen LogP) is 1.02. The van der Waals surface area contributed by atoms with Gasteiger partial charge in [0.05, 0.1) is 5.69 Å². The summed E-state index contributed by atoms with van der Waals surface area (Å²) in [6, 6.07) is 6.96. The Bertz CT molecular complexity index is 344. The molecule has 4 heteroatoms. The van der Waals surface area contributed by atoms with Gasteiger partial charge in [0.25, 0.3) is 0 Å². The van der Waals surface area contributed by atoms with Crippen LogP contribution in [0.5, 0.6) is 0 Å². The fourth-order valence-corrected chi connectivity index (χ4v) is 2.51. The van der Waals surface area contributed by atoms with E-state index < -0.39 is 0 Å². The molecule has 2 atom stereocenters. The van der Waals surface area contributed by atoms with Crippen molar-refractivity contribution in [2.75, 3.05) is 19.7 Å². The first kappa shape index (κ1) is 13.5. The molecule has 1 fully saturated rings. The van der Waals surface area contributed by atoms with Crippen molar-refractivity contribution in [2.45, 2.75) is 38.4 Å². The molecular formula is C14H23N3O. The molecule has 0 radical (unpaired) electrons. The van der Waals surface area contributed by atoms with Gasteiger partial charge in [-0.05, 0) is 31.9 Å². The maximum Gasteiger partial charge on any atom is 0.0543 e. The van der Waals surface area contributed by atoms with Crippen LogP contribution in [0.1, 0.15) is 25.5 Å². The summed E-state index contributed by atoms with van der Waals surface area (Å²) in [7, 11) is 0. The van der Waals surface area contributed by atoms with Gasteiger partial charge in [-0.2, -0.15) is 0 Å². The van der Waals surface area contributed by atoms with E-state index in [1.807, 2.05) is 18.3 Å². The van der Waals surface area contributed by atoms with E-state index in [1.54, 1.807) is 0 Å². The molecule has 0 bridgehead atoms. The van der Waals surface area contributed by atoms with Gasteiger partial charge in [0.15, 0.2) is 0 Å². The molecule has 2 unspecified atom stereocenters. The Morgan fingerprint density at radius 1 is 1.50 bits per heavy atom. The number of hydrogen-bond acceptors (Lipinski definition) is 4. The van der Waals surface area contributed by atoms with Crippen molar-refractivity contribution in [3.63, 3.8) is 0 Å². The topological polar surface area (TPSA) is 48.4 Å². The van der Waals surface area contributed by atoms with E-state index in [1.165, 1.54) is 0 Å². The van der Waals surface area contributed by atoms with Crippen molar-refractivity contribution in [3.05, 3.63) is 30.1 Å². The molecular weight excluding hydrogens is 226 g/mol. The monoisotopic (exact) mass is 249 g/mol. The molecule has 0 spiro atoms. The lowest BCUT2D eigenvalue weighted by molar-refractivity contribution is 0.221. The van der Waals surface area contributed by atoms with Crippen LogP contribution in [0.2, 0.25) is 0 Å². The molecule has 0 saturated carbocycles. The van der Waals surface area contributed by atoms with Gasteiger partial charge in [-0.1, -0.05) is 6.07 Å². The minimum absolute atomic E-state index is 0.252. The Kier molecular flexibility index (Phi) is 5.11. The van der Waals surface area contributed by atoms with Crippen molar-refractivity contribution in [1.29, 1.82) is 0 Å². The highest BCUT2D eigenvalue weighted by Gasteiger charge is 2.21. The fraction of sp³-hybridized carbons (Fsp3) is 0.643. The molecule has 1 aliphatic heterocycles. The van der Waals surface area contributed by atoms with Crippen molar-refractivity contribution in [2.24, 2.45) is 0 Å². The quantitative estimate of drug-likeness (QED) is 0.836. The van der Waals surface area contributed by atoms with Crippen LogP contribution in [0, 0.1) is 0 Å². The third-order valence-electron chi connectivity index (χ3n) is 3.47. The third-order valence-corrected chi connectivity index (χ3v) is 3.47. The van der Waals surface area contributed by atoms with Gasteiger partial charge < -0.3 is 10.4 Å². The van der Waals surface area contributed by atoms with E-state index in [4.69, 9.17) is 5.11 Å². The Morgan fingerprint density at radius 3 is 3.11 bits per heavy atom. The highest BCUT2D eigenvalue weighted by Crippen LogP contribution is 2.10. The van der Waals surface area contributed by atoms with Gasteiger partial charge in [0.1, 0.15) is 0 Å². The molecule has 0 aromatic carbocycles. The lowest BCUT2D eigenvalue weighted by atomic mass is 10.2. The molecule has 100 valence electrons. The number of pyridine rings is 1. The summed E-state index contributed by atoms with van der Waals surface area (Å²) in [5, 5.41) is 12.7. The largest absolute Gasteiger partial charge is 0.396 e. The lowest BCUT2D eigenvalue weighted by Gasteiger charge is -2.23. The number of aliphatic hydroxyl groups excluding tert-OH is 1. The summed E-state index contributed by atoms with van der Waals surface area (Å²) in [5.74, 6) is 0. The third kappa shape index (κ3) is 4.05. The highest BCUT2D eigenvalue weighted by molar-refractivity contribution is 5.03. The first-order valence-corrected chi connectivity index (χ1v) is 6.77. The maximum atomic E-state index is 9.10. The molecule has 18 heavy (non-hydrogen) atoms. The Labute approximate surface area is 109 Å². The van der Waals surface area contributed by atoms with Gasteiger partial charge in [-0.25, -0.2) is 0 Å². The zero-order valence-corrected chi connectivity index (χ0v) is 11.0. The Balaban J connectivity index is 1.94. The van der Waals surface area contributed by atoms with Crippen molar-refractivity contribution < 1.29 is 5.11 Å². The lowest BCUT2D eigenvalue weighted by Crippen LogP contribution is -2.40. The number of aliphatic hydroxyl groups is 1. The van der Waals surface area contributed by atoms with Crippen molar-refractivity contribution >= 4 is 0 Å². The van der Waals surface area contributed by atoms with Gasteiger partial charge in [-0.3, -0.25) is 9.88 Å². The van der Waals surface area contributed by atoms with E-state index >= 15 is 0 Å². The maximum absolute atomic E-state index is 9.10. The van der Waals surface area contributed by atoms with Crippen LogP contribution in [0.4, 0.5) is 0 Å². The van der Waals surface area contributed by atoms with Gasteiger partial charge in [0.2, 0.25) is 0 Å². The smallest absolute Gasteiger partial charge is 0.0543 e. The van der Waals surface area contributed by atoms with Crippen LogP contribution in [0.15, 0.2) is 24.4 Å². The molecule has 0 amide bonds. The molecule has 0 aliphatic carbocycles. The van der Waals surface area contributed by atoms with E-state index in [-0.39, 0.29) is 6.61 Å². The molecule has 4 nitrogen and oxygen atoms in total. The molecule has 1 aromatic rings. The number of hydrogen-bond donors (Lipinski definition) is 2. The van der Waals surface area contributed by atoms with Crippen LogP contribution < -0.4 is 5.32 Å². The fourth-order valence-electron chi connectivity index (χ4n) is 2.51. The molecule has 1 aliphatic rings. The second-order valence-electron chi connectivity index (χ2n) is 5.12. The second kappa shape index (κ2) is 6.83. The molecule has 2 N–H and O–H groups in total. The van der Waals surface area contributed by atoms with Crippen LogP contribution in [-0.4, -0.2) is 46.8 Å². The predicted molar refractivity (Wildman–Crippen MR) is 72.2 cm³/mol. The van der Waals surface area contributed by atoms with Crippen molar-refractivity contribution in [1.82, 2.24) is 15.2 Å². The minimum Gasteiger partial charge on any atom is -0.396 e. The normalized spacial score (nSPS) is 25.9. The van der Waals surface area contributed by atoms with Crippen molar-refractivity contribution in [3.8, 4) is 0 Å². The number of rotatable bonds is 4. The van der Waals surface area contributed by atoms with Gasteiger partial charge in [-0.15, -0.1) is 0 Å². The van der Waals surface area contributed by atoms with E-state index in [0.717, 1.165) is 38.2 Å². The minimum atomic E-state index is 0.252. The SMILES string of the molecule is CC1CCN(Cc2ccccn2)CC(CCO)N1. The zero-order valence-electron chi connectivity index (χ0n) is 11.0. The van der Waals surface area contributed by atoms with Crippen LogP contribution in [0.25, 0.3) is 0 Å². The zero-order chi connectivity index (χ0) is 12.8. The Morgan fingerprint density at radius 2 is 2.39 bits per heavy atom. The summed E-state index contributed by atoms with van der Waals surface area (Å²) in [5.41, 5.74) is 1.12. The molecule has 2 heterocycles. The van der Waals surface area contributed by atoms with Gasteiger partial charge >= 0.3 is 0 Å². The molecule has 1 saturated heterocycles. The summed E-state index contributed by atoms with van der Waals surface area (Å²) >= 11 is 0. The highest BCUT2D eigenvalue weighted by atomic mass is 16.3. The van der Waals surface area contributed by atoms with Crippen LogP contribution >= 0.6 is 0 Å². The average Bonchev–Trinajstić information content (AvgIpc) is 2.53. The summed E-state index contributed by atoms with van der Waals surface area (Å²) in [4.78, 5) is 6.81. The molecule has 1 aromatic heterocycles.